The molecule has 1 aromatic rings. The van der Waals surface area contributed by atoms with Gasteiger partial charge in [-0.15, -0.1) is 0 Å². The van der Waals surface area contributed by atoms with Crippen molar-refractivity contribution in [3.63, 3.8) is 0 Å². The Kier molecular flexibility index (Phi) is 5.20. The predicted octanol–water partition coefficient (Wildman–Crippen LogP) is 2.17. The highest BCUT2D eigenvalue weighted by atomic mass is 16.4. The number of amides is 2. The van der Waals surface area contributed by atoms with E-state index in [9.17, 15) is 14.7 Å². The summed E-state index contributed by atoms with van der Waals surface area (Å²) >= 11 is 0. The SMILES string of the molecule is CCCC1CC1NC(=O)NC(Cc1ccccc1)C(=O)O. The molecule has 3 unspecified atom stereocenters. The Labute approximate surface area is 124 Å². The number of carboxylic acids is 1. The van der Waals surface area contributed by atoms with E-state index in [1.165, 1.54) is 0 Å². The minimum atomic E-state index is -1.02. The Morgan fingerprint density at radius 3 is 2.67 bits per heavy atom. The van der Waals surface area contributed by atoms with E-state index in [1.54, 1.807) is 0 Å². The molecule has 5 heteroatoms. The van der Waals surface area contributed by atoms with Gasteiger partial charge >= 0.3 is 12.0 Å². The van der Waals surface area contributed by atoms with Crippen LogP contribution in [0.1, 0.15) is 31.7 Å². The molecule has 0 bridgehead atoms. The van der Waals surface area contributed by atoms with E-state index >= 15 is 0 Å². The molecule has 1 aliphatic rings. The van der Waals surface area contributed by atoms with Gasteiger partial charge in [0.15, 0.2) is 0 Å². The molecule has 2 amide bonds. The summed E-state index contributed by atoms with van der Waals surface area (Å²) in [4.78, 5) is 23.1. The van der Waals surface area contributed by atoms with Crippen LogP contribution in [0.3, 0.4) is 0 Å². The Balaban J connectivity index is 1.82. The van der Waals surface area contributed by atoms with Crippen LogP contribution in [0.25, 0.3) is 0 Å². The zero-order chi connectivity index (χ0) is 15.2. The normalized spacial score (nSPS) is 21.4. The summed E-state index contributed by atoms with van der Waals surface area (Å²) in [6.45, 7) is 2.12. The minimum absolute atomic E-state index is 0.205. The van der Waals surface area contributed by atoms with Crippen molar-refractivity contribution in [1.82, 2.24) is 10.6 Å². The monoisotopic (exact) mass is 290 g/mol. The van der Waals surface area contributed by atoms with E-state index in [2.05, 4.69) is 17.6 Å². The summed E-state index contributed by atoms with van der Waals surface area (Å²) in [5.41, 5.74) is 0.889. The van der Waals surface area contributed by atoms with Crippen LogP contribution >= 0.6 is 0 Å². The van der Waals surface area contributed by atoms with Gasteiger partial charge in [-0.25, -0.2) is 9.59 Å². The fourth-order valence-corrected chi connectivity index (χ4v) is 2.53. The first-order chi connectivity index (χ1) is 10.1. The molecule has 0 saturated heterocycles. The number of benzene rings is 1. The molecule has 0 aliphatic heterocycles. The van der Waals surface area contributed by atoms with Gasteiger partial charge in [0.25, 0.3) is 0 Å². The molecule has 0 radical (unpaired) electrons. The van der Waals surface area contributed by atoms with Crippen LogP contribution in [-0.4, -0.2) is 29.2 Å². The summed E-state index contributed by atoms with van der Waals surface area (Å²) in [5.74, 6) is -0.465. The maximum absolute atomic E-state index is 11.9. The molecular formula is C16H22N2O3. The molecule has 21 heavy (non-hydrogen) atoms. The van der Waals surface area contributed by atoms with Crippen LogP contribution in [0.4, 0.5) is 4.79 Å². The maximum Gasteiger partial charge on any atom is 0.326 e. The van der Waals surface area contributed by atoms with Gasteiger partial charge in [0.05, 0.1) is 0 Å². The molecule has 1 fully saturated rings. The van der Waals surface area contributed by atoms with E-state index < -0.39 is 12.0 Å². The number of nitrogens with one attached hydrogen (secondary N) is 2. The van der Waals surface area contributed by atoms with Gasteiger partial charge < -0.3 is 15.7 Å². The van der Waals surface area contributed by atoms with Gasteiger partial charge in [-0.2, -0.15) is 0 Å². The molecule has 3 atom stereocenters. The summed E-state index contributed by atoms with van der Waals surface area (Å²) in [5, 5.41) is 14.6. The molecule has 0 heterocycles. The predicted molar refractivity (Wildman–Crippen MR) is 80.0 cm³/mol. The van der Waals surface area contributed by atoms with Crippen LogP contribution in [-0.2, 0) is 11.2 Å². The molecule has 0 spiro atoms. The fourth-order valence-electron chi connectivity index (χ4n) is 2.53. The highest BCUT2D eigenvalue weighted by Crippen LogP contribution is 2.34. The quantitative estimate of drug-likeness (QED) is 0.720. The Hall–Kier alpha value is -2.04. The zero-order valence-electron chi connectivity index (χ0n) is 12.2. The van der Waals surface area contributed by atoms with Gasteiger partial charge in [-0.05, 0) is 24.3 Å². The van der Waals surface area contributed by atoms with Crippen LogP contribution in [0.2, 0.25) is 0 Å². The number of carboxylic acid groups (broad SMARTS) is 1. The lowest BCUT2D eigenvalue weighted by Crippen LogP contribution is -2.47. The second kappa shape index (κ2) is 7.11. The number of aliphatic carboxylic acids is 1. The first-order valence-corrected chi connectivity index (χ1v) is 7.44. The van der Waals surface area contributed by atoms with Crippen molar-refractivity contribution >= 4 is 12.0 Å². The maximum atomic E-state index is 11.9. The van der Waals surface area contributed by atoms with Crippen molar-refractivity contribution in [2.45, 2.75) is 44.7 Å². The average Bonchev–Trinajstić information content (AvgIpc) is 3.17. The van der Waals surface area contributed by atoms with Crippen molar-refractivity contribution in [3.8, 4) is 0 Å². The van der Waals surface area contributed by atoms with Crippen LogP contribution < -0.4 is 10.6 Å². The van der Waals surface area contributed by atoms with E-state index in [-0.39, 0.29) is 18.5 Å². The average molecular weight is 290 g/mol. The Morgan fingerprint density at radius 2 is 2.05 bits per heavy atom. The fraction of sp³-hybridized carbons (Fsp3) is 0.500. The van der Waals surface area contributed by atoms with Crippen molar-refractivity contribution in [2.75, 3.05) is 0 Å². The molecule has 1 saturated carbocycles. The standard InChI is InChI=1S/C16H22N2O3/c1-2-6-12-10-13(12)17-16(21)18-14(15(19)20)9-11-7-4-3-5-8-11/h3-5,7-8,12-14H,2,6,9-10H2,1H3,(H,19,20)(H2,17,18,21). The lowest BCUT2D eigenvalue weighted by atomic mass is 10.1. The zero-order valence-corrected chi connectivity index (χ0v) is 12.2. The van der Waals surface area contributed by atoms with Gasteiger partial charge in [0.2, 0.25) is 0 Å². The molecule has 3 N–H and O–H groups in total. The first kappa shape index (κ1) is 15.4. The van der Waals surface area contributed by atoms with E-state index in [0.717, 1.165) is 24.8 Å². The third-order valence-corrected chi connectivity index (χ3v) is 3.78. The third-order valence-electron chi connectivity index (χ3n) is 3.78. The van der Waals surface area contributed by atoms with E-state index in [0.29, 0.717) is 5.92 Å². The Morgan fingerprint density at radius 1 is 1.33 bits per heavy atom. The van der Waals surface area contributed by atoms with Gasteiger partial charge in [0, 0.05) is 12.5 Å². The number of carbonyl (C=O) groups is 2. The second-order valence-corrected chi connectivity index (χ2v) is 5.59. The lowest BCUT2D eigenvalue weighted by molar-refractivity contribution is -0.139. The van der Waals surface area contributed by atoms with Gasteiger partial charge in [-0.1, -0.05) is 43.7 Å². The highest BCUT2D eigenvalue weighted by molar-refractivity contribution is 5.83. The lowest BCUT2D eigenvalue weighted by Gasteiger charge is -2.15. The van der Waals surface area contributed by atoms with Crippen molar-refractivity contribution in [3.05, 3.63) is 35.9 Å². The third kappa shape index (κ3) is 4.77. The molecule has 1 aliphatic carbocycles. The second-order valence-electron chi connectivity index (χ2n) is 5.59. The van der Waals surface area contributed by atoms with Crippen LogP contribution in [0.15, 0.2) is 30.3 Å². The van der Waals surface area contributed by atoms with E-state index in [4.69, 9.17) is 0 Å². The number of urea groups is 1. The number of rotatable bonds is 7. The smallest absolute Gasteiger partial charge is 0.326 e. The molecule has 5 nitrogen and oxygen atoms in total. The number of hydrogen-bond donors (Lipinski definition) is 3. The summed E-state index contributed by atoms with van der Waals surface area (Å²) in [7, 11) is 0. The highest BCUT2D eigenvalue weighted by Gasteiger charge is 2.37. The van der Waals surface area contributed by atoms with Crippen molar-refractivity contribution in [2.24, 2.45) is 5.92 Å². The first-order valence-electron chi connectivity index (χ1n) is 7.44. The number of carbonyl (C=O) groups excluding carboxylic acids is 1. The van der Waals surface area contributed by atoms with E-state index in [1.807, 2.05) is 30.3 Å². The summed E-state index contributed by atoms with van der Waals surface area (Å²) in [6.07, 6.45) is 3.50. The minimum Gasteiger partial charge on any atom is -0.480 e. The van der Waals surface area contributed by atoms with Gasteiger partial charge in [-0.3, -0.25) is 0 Å². The van der Waals surface area contributed by atoms with Crippen molar-refractivity contribution < 1.29 is 14.7 Å². The molecule has 114 valence electrons. The molecular weight excluding hydrogens is 268 g/mol. The summed E-state index contributed by atoms with van der Waals surface area (Å²) < 4.78 is 0. The van der Waals surface area contributed by atoms with Crippen LogP contribution in [0, 0.1) is 5.92 Å². The summed E-state index contributed by atoms with van der Waals surface area (Å²) in [6, 6.07) is 8.21. The topological polar surface area (TPSA) is 78.4 Å². The van der Waals surface area contributed by atoms with Gasteiger partial charge in [0.1, 0.15) is 6.04 Å². The number of hydrogen-bond acceptors (Lipinski definition) is 2. The largest absolute Gasteiger partial charge is 0.480 e. The molecule has 1 aromatic carbocycles. The van der Waals surface area contributed by atoms with Crippen LogP contribution in [0.5, 0.6) is 0 Å². The molecule has 2 rings (SSSR count). The molecule has 0 aromatic heterocycles. The van der Waals surface area contributed by atoms with Crippen molar-refractivity contribution in [1.29, 1.82) is 0 Å². The Bertz CT molecular complexity index is 490.